The second kappa shape index (κ2) is 6.29. The standard InChI is InChI=1S/C17H19BrN2O4/c1-17(2)10-19(7-8-24-17)14(21)5-6-20-15(22)12-4-3-11(18)9-13(12)16(20)23/h3-4,9H,5-8,10H2,1-2H3. The van der Waals surface area contributed by atoms with Gasteiger partial charge in [-0.3, -0.25) is 19.3 Å². The summed E-state index contributed by atoms with van der Waals surface area (Å²) in [6, 6.07) is 5.00. The number of imide groups is 1. The Morgan fingerprint density at radius 2 is 1.96 bits per heavy atom. The average Bonchev–Trinajstić information content (AvgIpc) is 2.75. The number of benzene rings is 1. The molecule has 2 aliphatic rings. The fourth-order valence-corrected chi connectivity index (χ4v) is 3.42. The van der Waals surface area contributed by atoms with E-state index in [9.17, 15) is 14.4 Å². The number of hydrogen-bond acceptors (Lipinski definition) is 4. The van der Waals surface area contributed by atoms with Crippen LogP contribution in [0, 0.1) is 0 Å². The fraction of sp³-hybridized carbons (Fsp3) is 0.471. The number of carbonyl (C=O) groups is 3. The maximum atomic E-state index is 12.4. The van der Waals surface area contributed by atoms with E-state index in [-0.39, 0.29) is 36.3 Å². The molecule has 128 valence electrons. The van der Waals surface area contributed by atoms with Crippen LogP contribution in [0.15, 0.2) is 22.7 Å². The summed E-state index contributed by atoms with van der Waals surface area (Å²) in [5.41, 5.74) is 0.410. The van der Waals surface area contributed by atoms with Gasteiger partial charge < -0.3 is 9.64 Å². The molecule has 0 aromatic heterocycles. The van der Waals surface area contributed by atoms with Crippen molar-refractivity contribution in [2.75, 3.05) is 26.2 Å². The monoisotopic (exact) mass is 394 g/mol. The van der Waals surface area contributed by atoms with Crippen molar-refractivity contribution in [3.8, 4) is 0 Å². The summed E-state index contributed by atoms with van der Waals surface area (Å²) >= 11 is 3.30. The van der Waals surface area contributed by atoms with Gasteiger partial charge >= 0.3 is 0 Å². The molecular formula is C17H19BrN2O4. The van der Waals surface area contributed by atoms with Gasteiger partial charge in [0, 0.05) is 30.5 Å². The smallest absolute Gasteiger partial charge is 0.261 e. The minimum atomic E-state index is -0.365. The van der Waals surface area contributed by atoms with Crippen molar-refractivity contribution >= 4 is 33.7 Å². The van der Waals surface area contributed by atoms with Gasteiger partial charge in [-0.05, 0) is 32.0 Å². The molecule has 0 radical (unpaired) electrons. The normalized spacial score (nSPS) is 19.6. The van der Waals surface area contributed by atoms with Crippen molar-refractivity contribution in [3.63, 3.8) is 0 Å². The Balaban J connectivity index is 1.64. The van der Waals surface area contributed by atoms with Gasteiger partial charge in [0.05, 0.1) is 23.3 Å². The maximum Gasteiger partial charge on any atom is 0.261 e. The molecule has 1 aromatic carbocycles. The SMILES string of the molecule is CC1(C)CN(C(=O)CCN2C(=O)c3ccc(Br)cc3C2=O)CCO1. The summed E-state index contributed by atoms with van der Waals surface area (Å²) < 4.78 is 6.34. The average molecular weight is 395 g/mol. The molecule has 0 atom stereocenters. The van der Waals surface area contributed by atoms with Gasteiger partial charge in [0.25, 0.3) is 11.8 Å². The molecule has 0 bridgehead atoms. The van der Waals surface area contributed by atoms with Crippen LogP contribution in [0.3, 0.4) is 0 Å². The van der Waals surface area contributed by atoms with Crippen LogP contribution in [0.4, 0.5) is 0 Å². The summed E-state index contributed by atoms with van der Waals surface area (Å²) in [5, 5.41) is 0. The molecule has 6 nitrogen and oxygen atoms in total. The minimum absolute atomic E-state index is 0.0656. The van der Waals surface area contributed by atoms with Crippen LogP contribution < -0.4 is 0 Å². The van der Waals surface area contributed by atoms with Crippen LogP contribution in [0.25, 0.3) is 0 Å². The molecule has 1 saturated heterocycles. The van der Waals surface area contributed by atoms with E-state index < -0.39 is 0 Å². The third kappa shape index (κ3) is 3.23. The molecule has 0 N–H and O–H groups in total. The third-order valence-corrected chi connectivity index (χ3v) is 4.75. The number of fused-ring (bicyclic) bond motifs is 1. The molecule has 1 aromatic rings. The molecule has 0 spiro atoms. The lowest BCUT2D eigenvalue weighted by Crippen LogP contribution is -2.51. The number of nitrogens with zero attached hydrogens (tertiary/aromatic N) is 2. The Hall–Kier alpha value is -1.73. The molecule has 3 rings (SSSR count). The van der Waals surface area contributed by atoms with E-state index in [1.807, 2.05) is 13.8 Å². The number of carbonyl (C=O) groups excluding carboxylic acids is 3. The number of amides is 3. The largest absolute Gasteiger partial charge is 0.372 e. The Kier molecular flexibility index (Phi) is 4.48. The van der Waals surface area contributed by atoms with Crippen LogP contribution >= 0.6 is 15.9 Å². The molecule has 2 aliphatic heterocycles. The van der Waals surface area contributed by atoms with Gasteiger partial charge in [-0.2, -0.15) is 0 Å². The van der Waals surface area contributed by atoms with Crippen molar-refractivity contribution in [1.29, 1.82) is 0 Å². The number of ether oxygens (including phenoxy) is 1. The quantitative estimate of drug-likeness (QED) is 0.735. The van der Waals surface area contributed by atoms with E-state index >= 15 is 0 Å². The van der Waals surface area contributed by atoms with Gasteiger partial charge in [0.15, 0.2) is 0 Å². The van der Waals surface area contributed by atoms with E-state index in [1.165, 1.54) is 0 Å². The molecule has 24 heavy (non-hydrogen) atoms. The highest BCUT2D eigenvalue weighted by Crippen LogP contribution is 2.26. The summed E-state index contributed by atoms with van der Waals surface area (Å²) in [5.74, 6) is -0.742. The fourth-order valence-electron chi connectivity index (χ4n) is 3.06. The number of rotatable bonds is 3. The highest BCUT2D eigenvalue weighted by Gasteiger charge is 2.36. The lowest BCUT2D eigenvalue weighted by molar-refractivity contribution is -0.146. The Labute approximate surface area is 148 Å². The predicted molar refractivity (Wildman–Crippen MR) is 90.7 cm³/mol. The van der Waals surface area contributed by atoms with E-state index in [0.29, 0.717) is 30.8 Å². The van der Waals surface area contributed by atoms with E-state index in [4.69, 9.17) is 4.74 Å². The van der Waals surface area contributed by atoms with Gasteiger partial charge in [0.1, 0.15) is 0 Å². The highest BCUT2D eigenvalue weighted by molar-refractivity contribution is 9.10. The zero-order valence-corrected chi connectivity index (χ0v) is 15.3. The molecule has 3 amide bonds. The van der Waals surface area contributed by atoms with E-state index in [2.05, 4.69) is 15.9 Å². The Morgan fingerprint density at radius 1 is 1.25 bits per heavy atom. The summed E-state index contributed by atoms with van der Waals surface area (Å²) in [6.45, 7) is 5.53. The summed E-state index contributed by atoms with van der Waals surface area (Å²) in [6.07, 6.45) is 0.128. The van der Waals surface area contributed by atoms with Crippen LogP contribution in [0.2, 0.25) is 0 Å². The van der Waals surface area contributed by atoms with Gasteiger partial charge in [0.2, 0.25) is 5.91 Å². The van der Waals surface area contributed by atoms with Crippen LogP contribution in [0.5, 0.6) is 0 Å². The highest BCUT2D eigenvalue weighted by atomic mass is 79.9. The summed E-state index contributed by atoms with van der Waals surface area (Å²) in [4.78, 5) is 40.0. The van der Waals surface area contributed by atoms with Crippen LogP contribution in [-0.4, -0.2) is 59.4 Å². The van der Waals surface area contributed by atoms with Crippen molar-refractivity contribution < 1.29 is 19.1 Å². The van der Waals surface area contributed by atoms with E-state index in [0.717, 1.165) is 9.37 Å². The van der Waals surface area contributed by atoms with Crippen LogP contribution in [0.1, 0.15) is 41.0 Å². The number of hydrogen-bond donors (Lipinski definition) is 0. The molecule has 1 fully saturated rings. The summed E-state index contributed by atoms with van der Waals surface area (Å²) in [7, 11) is 0. The number of morpholine rings is 1. The Morgan fingerprint density at radius 3 is 2.67 bits per heavy atom. The second-order valence-electron chi connectivity index (χ2n) is 6.63. The lowest BCUT2D eigenvalue weighted by Gasteiger charge is -2.38. The first-order valence-electron chi connectivity index (χ1n) is 7.86. The molecule has 0 saturated carbocycles. The van der Waals surface area contributed by atoms with Crippen molar-refractivity contribution in [2.24, 2.45) is 0 Å². The lowest BCUT2D eigenvalue weighted by atomic mass is 10.1. The molecule has 0 unspecified atom stereocenters. The van der Waals surface area contributed by atoms with Gasteiger partial charge in [-0.15, -0.1) is 0 Å². The van der Waals surface area contributed by atoms with Crippen molar-refractivity contribution in [1.82, 2.24) is 9.80 Å². The molecule has 2 heterocycles. The van der Waals surface area contributed by atoms with E-state index in [1.54, 1.807) is 23.1 Å². The molecule has 7 heteroatoms. The van der Waals surface area contributed by atoms with Crippen molar-refractivity contribution in [2.45, 2.75) is 25.9 Å². The molecule has 0 aliphatic carbocycles. The molecular weight excluding hydrogens is 376 g/mol. The first kappa shape index (κ1) is 17.1. The predicted octanol–water partition coefficient (Wildman–Crippen LogP) is 2.07. The third-order valence-electron chi connectivity index (χ3n) is 4.26. The second-order valence-corrected chi connectivity index (χ2v) is 7.54. The van der Waals surface area contributed by atoms with Crippen LogP contribution in [-0.2, 0) is 9.53 Å². The number of halogens is 1. The maximum absolute atomic E-state index is 12.4. The topological polar surface area (TPSA) is 66.9 Å². The first-order chi connectivity index (χ1) is 11.3. The minimum Gasteiger partial charge on any atom is -0.372 e. The van der Waals surface area contributed by atoms with Crippen molar-refractivity contribution in [3.05, 3.63) is 33.8 Å². The van der Waals surface area contributed by atoms with Gasteiger partial charge in [-0.1, -0.05) is 15.9 Å². The Bertz CT molecular complexity index is 717. The zero-order chi connectivity index (χ0) is 17.5. The zero-order valence-electron chi connectivity index (χ0n) is 13.7. The van der Waals surface area contributed by atoms with Gasteiger partial charge in [-0.25, -0.2) is 0 Å². The first-order valence-corrected chi connectivity index (χ1v) is 8.65.